The van der Waals surface area contributed by atoms with Gasteiger partial charge in [0.1, 0.15) is 5.76 Å². The predicted octanol–water partition coefficient (Wildman–Crippen LogP) is 2.90. The molecule has 0 amide bonds. The van der Waals surface area contributed by atoms with Gasteiger partial charge in [-0.3, -0.25) is 0 Å². The molecule has 1 heterocycles. The van der Waals surface area contributed by atoms with Gasteiger partial charge in [0.2, 0.25) is 0 Å². The third kappa shape index (κ3) is 3.47. The van der Waals surface area contributed by atoms with Crippen molar-refractivity contribution in [2.24, 2.45) is 0 Å². The average Bonchev–Trinajstić information content (AvgIpc) is 2.55. The highest BCUT2D eigenvalue weighted by atomic mass is 16.3. The molecule has 72 valence electrons. The summed E-state index contributed by atoms with van der Waals surface area (Å²) in [6.07, 6.45) is 3.87. The molecule has 0 aliphatic carbocycles. The van der Waals surface area contributed by atoms with Crippen LogP contribution in [0.4, 0.5) is 0 Å². The molecular weight excluding hydrogens is 162 g/mol. The highest BCUT2D eigenvalue weighted by Gasteiger charge is 2.04. The van der Waals surface area contributed by atoms with E-state index < -0.39 is 0 Å². The lowest BCUT2D eigenvalue weighted by Gasteiger charge is -2.08. The van der Waals surface area contributed by atoms with Gasteiger partial charge in [-0.25, -0.2) is 0 Å². The first-order chi connectivity index (χ1) is 6.20. The van der Waals surface area contributed by atoms with E-state index >= 15 is 0 Å². The Bertz CT molecular complexity index is 258. The molecule has 0 spiro atoms. The summed E-state index contributed by atoms with van der Waals surface area (Å²) >= 11 is 0. The van der Waals surface area contributed by atoms with Gasteiger partial charge in [0.15, 0.2) is 0 Å². The topological polar surface area (TPSA) is 25.2 Å². The minimum absolute atomic E-state index is 0.283. The van der Waals surface area contributed by atoms with Crippen LogP contribution in [0.3, 0.4) is 0 Å². The Morgan fingerprint density at radius 1 is 1.62 bits per heavy atom. The minimum Gasteiger partial charge on any atom is -0.468 e. The van der Waals surface area contributed by atoms with Crippen molar-refractivity contribution in [1.82, 2.24) is 5.32 Å². The van der Waals surface area contributed by atoms with E-state index in [9.17, 15) is 0 Å². The van der Waals surface area contributed by atoms with Crippen molar-refractivity contribution in [3.8, 4) is 0 Å². The molecule has 0 aliphatic rings. The lowest BCUT2D eigenvalue weighted by molar-refractivity contribution is 0.441. The number of rotatable bonds is 4. The molecule has 0 aliphatic heterocycles. The number of nitrogens with one attached hydrogen (secondary N) is 1. The van der Waals surface area contributed by atoms with Gasteiger partial charge in [-0.1, -0.05) is 11.6 Å². The summed E-state index contributed by atoms with van der Waals surface area (Å²) in [6, 6.07) is 4.18. The fourth-order valence-electron chi connectivity index (χ4n) is 1.08. The van der Waals surface area contributed by atoms with E-state index in [2.05, 4.69) is 32.2 Å². The summed E-state index contributed by atoms with van der Waals surface area (Å²) in [6.45, 7) is 7.18. The highest BCUT2D eigenvalue weighted by Crippen LogP contribution is 2.11. The maximum absolute atomic E-state index is 5.27. The molecule has 1 rings (SSSR count). The molecule has 2 heteroatoms. The summed E-state index contributed by atoms with van der Waals surface area (Å²) in [5, 5.41) is 3.35. The summed E-state index contributed by atoms with van der Waals surface area (Å²) in [5.41, 5.74) is 1.33. The Kier molecular flexibility index (Phi) is 3.77. The fourth-order valence-corrected chi connectivity index (χ4v) is 1.08. The Hall–Kier alpha value is -1.02. The SMILES string of the molecule is CC(C)=CCN[C@H](C)c1ccco1. The highest BCUT2D eigenvalue weighted by molar-refractivity contribution is 5.04. The first kappa shape index (κ1) is 10.1. The second-order valence-corrected chi connectivity index (χ2v) is 3.43. The molecule has 2 nitrogen and oxygen atoms in total. The van der Waals surface area contributed by atoms with Crippen LogP contribution < -0.4 is 5.32 Å². The van der Waals surface area contributed by atoms with Gasteiger partial charge >= 0.3 is 0 Å². The summed E-state index contributed by atoms with van der Waals surface area (Å²) < 4.78 is 5.27. The van der Waals surface area contributed by atoms with Gasteiger partial charge in [0, 0.05) is 6.54 Å². The Balaban J connectivity index is 2.34. The maximum atomic E-state index is 5.27. The third-order valence-corrected chi connectivity index (χ3v) is 1.90. The van der Waals surface area contributed by atoms with E-state index in [-0.39, 0.29) is 6.04 Å². The van der Waals surface area contributed by atoms with E-state index in [0.29, 0.717) is 0 Å². The Morgan fingerprint density at radius 3 is 2.92 bits per heavy atom. The number of furan rings is 1. The van der Waals surface area contributed by atoms with Crippen LogP contribution in [0.25, 0.3) is 0 Å². The quantitative estimate of drug-likeness (QED) is 0.719. The molecule has 0 saturated heterocycles. The first-order valence-corrected chi connectivity index (χ1v) is 4.60. The lowest BCUT2D eigenvalue weighted by Crippen LogP contribution is -2.18. The molecule has 1 N–H and O–H groups in total. The molecule has 1 aromatic heterocycles. The molecule has 0 radical (unpaired) electrons. The molecule has 0 saturated carbocycles. The minimum atomic E-state index is 0.283. The third-order valence-electron chi connectivity index (χ3n) is 1.90. The summed E-state index contributed by atoms with van der Waals surface area (Å²) in [4.78, 5) is 0. The Labute approximate surface area is 79.6 Å². The van der Waals surface area contributed by atoms with E-state index in [4.69, 9.17) is 4.42 Å². The summed E-state index contributed by atoms with van der Waals surface area (Å²) in [7, 11) is 0. The molecule has 0 aromatic carbocycles. The molecular formula is C11H17NO. The maximum Gasteiger partial charge on any atom is 0.120 e. The molecule has 13 heavy (non-hydrogen) atoms. The van der Waals surface area contributed by atoms with Crippen LogP contribution in [0.5, 0.6) is 0 Å². The van der Waals surface area contributed by atoms with Gasteiger partial charge < -0.3 is 9.73 Å². The predicted molar refractivity (Wildman–Crippen MR) is 54.6 cm³/mol. The second kappa shape index (κ2) is 4.87. The van der Waals surface area contributed by atoms with Crippen molar-refractivity contribution in [2.45, 2.75) is 26.8 Å². The van der Waals surface area contributed by atoms with Gasteiger partial charge in [0.25, 0.3) is 0 Å². The smallest absolute Gasteiger partial charge is 0.120 e. The van der Waals surface area contributed by atoms with Crippen molar-refractivity contribution >= 4 is 0 Å². The fraction of sp³-hybridized carbons (Fsp3) is 0.455. The standard InChI is InChI=1S/C11H17NO/c1-9(2)6-7-12-10(3)11-5-4-8-13-11/h4-6,8,10,12H,7H2,1-3H3/t10-/m1/s1. The zero-order valence-corrected chi connectivity index (χ0v) is 8.50. The van der Waals surface area contributed by atoms with E-state index in [1.165, 1.54) is 5.57 Å². The van der Waals surface area contributed by atoms with Crippen LogP contribution in [-0.4, -0.2) is 6.54 Å². The van der Waals surface area contributed by atoms with E-state index in [0.717, 1.165) is 12.3 Å². The monoisotopic (exact) mass is 179 g/mol. The first-order valence-electron chi connectivity index (χ1n) is 4.60. The normalized spacial score (nSPS) is 12.5. The zero-order valence-electron chi connectivity index (χ0n) is 8.50. The van der Waals surface area contributed by atoms with Crippen molar-refractivity contribution < 1.29 is 4.42 Å². The van der Waals surface area contributed by atoms with Gasteiger partial charge in [-0.05, 0) is 32.9 Å². The van der Waals surface area contributed by atoms with E-state index in [1.807, 2.05) is 12.1 Å². The largest absolute Gasteiger partial charge is 0.468 e. The van der Waals surface area contributed by atoms with Gasteiger partial charge in [-0.15, -0.1) is 0 Å². The van der Waals surface area contributed by atoms with Gasteiger partial charge in [0.05, 0.1) is 12.3 Å². The number of hydrogen-bond acceptors (Lipinski definition) is 2. The van der Waals surface area contributed by atoms with Crippen molar-refractivity contribution in [2.75, 3.05) is 6.54 Å². The zero-order chi connectivity index (χ0) is 9.68. The second-order valence-electron chi connectivity index (χ2n) is 3.43. The van der Waals surface area contributed by atoms with Crippen LogP contribution in [0.1, 0.15) is 32.6 Å². The van der Waals surface area contributed by atoms with Crippen molar-refractivity contribution in [1.29, 1.82) is 0 Å². The number of allylic oxidation sites excluding steroid dienone is 1. The van der Waals surface area contributed by atoms with Crippen LogP contribution in [-0.2, 0) is 0 Å². The average molecular weight is 179 g/mol. The molecule has 0 bridgehead atoms. The van der Waals surface area contributed by atoms with Crippen molar-refractivity contribution in [3.63, 3.8) is 0 Å². The molecule has 0 unspecified atom stereocenters. The Morgan fingerprint density at radius 2 is 2.38 bits per heavy atom. The van der Waals surface area contributed by atoms with Crippen molar-refractivity contribution in [3.05, 3.63) is 35.8 Å². The van der Waals surface area contributed by atoms with Crippen LogP contribution in [0, 0.1) is 0 Å². The van der Waals surface area contributed by atoms with Crippen LogP contribution in [0.2, 0.25) is 0 Å². The summed E-state index contributed by atoms with van der Waals surface area (Å²) in [5.74, 6) is 0.988. The molecule has 0 fully saturated rings. The van der Waals surface area contributed by atoms with Crippen LogP contribution in [0.15, 0.2) is 34.5 Å². The van der Waals surface area contributed by atoms with E-state index in [1.54, 1.807) is 6.26 Å². The molecule has 1 atom stereocenters. The lowest BCUT2D eigenvalue weighted by atomic mass is 10.2. The number of hydrogen-bond donors (Lipinski definition) is 1. The van der Waals surface area contributed by atoms with Crippen LogP contribution >= 0.6 is 0 Å². The molecule has 1 aromatic rings. The van der Waals surface area contributed by atoms with Gasteiger partial charge in [-0.2, -0.15) is 0 Å².